The molecule has 2 aromatic rings. The summed E-state index contributed by atoms with van der Waals surface area (Å²) in [6.45, 7) is -0.220. The van der Waals surface area contributed by atoms with Gasteiger partial charge < -0.3 is 10.5 Å². The number of likely N-dealkylation sites (N-methyl/N-ethyl adjacent to an activating group) is 1. The van der Waals surface area contributed by atoms with E-state index in [1.807, 2.05) is 42.5 Å². The van der Waals surface area contributed by atoms with E-state index in [9.17, 15) is 9.59 Å². The Balaban J connectivity index is 1.87. The van der Waals surface area contributed by atoms with Gasteiger partial charge >= 0.3 is 0 Å². The molecule has 26 heavy (non-hydrogen) atoms. The Labute approximate surface area is 155 Å². The Morgan fingerprint density at radius 2 is 1.88 bits per heavy atom. The van der Waals surface area contributed by atoms with Crippen LogP contribution < -0.4 is 10.5 Å². The molecule has 0 aromatic heterocycles. The van der Waals surface area contributed by atoms with E-state index in [2.05, 4.69) is 4.99 Å². The van der Waals surface area contributed by atoms with Gasteiger partial charge in [-0.25, -0.2) is 4.99 Å². The summed E-state index contributed by atoms with van der Waals surface area (Å²) in [7, 11) is 1.69. The minimum atomic E-state index is -0.559. The minimum absolute atomic E-state index is 0.144. The second kappa shape index (κ2) is 7.88. The topological polar surface area (TPSA) is 85.0 Å². The average Bonchev–Trinajstić information content (AvgIpc) is 2.90. The highest BCUT2D eigenvalue weighted by atomic mass is 32.2. The molecule has 0 saturated carbocycles. The van der Waals surface area contributed by atoms with E-state index in [-0.39, 0.29) is 12.5 Å². The Hall–Kier alpha value is -3.06. The molecule has 3 rings (SSSR count). The average molecular weight is 367 g/mol. The molecule has 1 saturated heterocycles. The van der Waals surface area contributed by atoms with Crippen molar-refractivity contribution in [2.45, 2.75) is 0 Å². The van der Waals surface area contributed by atoms with Crippen molar-refractivity contribution >= 4 is 40.5 Å². The van der Waals surface area contributed by atoms with Crippen LogP contribution in [0, 0.1) is 0 Å². The van der Waals surface area contributed by atoms with Gasteiger partial charge in [0.2, 0.25) is 0 Å². The van der Waals surface area contributed by atoms with Crippen molar-refractivity contribution in [3.8, 4) is 5.75 Å². The number of nitrogens with zero attached hydrogens (tertiary/aromatic N) is 2. The van der Waals surface area contributed by atoms with E-state index in [4.69, 9.17) is 10.5 Å². The molecule has 6 nitrogen and oxygen atoms in total. The fourth-order valence-corrected chi connectivity index (χ4v) is 3.26. The zero-order chi connectivity index (χ0) is 18.5. The SMILES string of the molecule is CN1C(=O)/C(=C\c2ccccc2OCC(N)=O)SC1=Nc1ccccc1. The largest absolute Gasteiger partial charge is 0.483 e. The van der Waals surface area contributed by atoms with Crippen LogP contribution >= 0.6 is 11.8 Å². The predicted octanol–water partition coefficient (Wildman–Crippen LogP) is 2.78. The molecule has 2 amide bonds. The third kappa shape index (κ3) is 4.12. The van der Waals surface area contributed by atoms with Crippen LogP contribution in [0.5, 0.6) is 5.75 Å². The summed E-state index contributed by atoms with van der Waals surface area (Å²) in [6, 6.07) is 16.6. The van der Waals surface area contributed by atoms with Gasteiger partial charge in [-0.05, 0) is 36.0 Å². The fourth-order valence-electron chi connectivity index (χ4n) is 2.29. The summed E-state index contributed by atoms with van der Waals surface area (Å²) in [5.41, 5.74) is 6.60. The highest BCUT2D eigenvalue weighted by Crippen LogP contribution is 2.34. The summed E-state index contributed by atoms with van der Waals surface area (Å²) in [6.07, 6.45) is 1.73. The number of carbonyl (C=O) groups is 2. The van der Waals surface area contributed by atoms with E-state index in [0.717, 1.165) is 5.69 Å². The van der Waals surface area contributed by atoms with Crippen LogP contribution in [0.25, 0.3) is 6.08 Å². The molecule has 0 aliphatic carbocycles. The standard InChI is InChI=1S/C19H17N3O3S/c1-22-18(24)16(26-19(22)21-14-8-3-2-4-9-14)11-13-7-5-6-10-15(13)25-12-17(20)23/h2-11H,12H2,1H3,(H2,20,23)/b16-11+,21-19?. The van der Waals surface area contributed by atoms with Gasteiger partial charge in [-0.2, -0.15) is 0 Å². The van der Waals surface area contributed by atoms with Crippen molar-refractivity contribution in [2.24, 2.45) is 10.7 Å². The van der Waals surface area contributed by atoms with Crippen LogP contribution in [-0.4, -0.2) is 35.5 Å². The van der Waals surface area contributed by atoms with E-state index in [1.54, 1.807) is 25.3 Å². The Morgan fingerprint density at radius 3 is 2.62 bits per heavy atom. The number of hydrogen-bond donors (Lipinski definition) is 1. The number of benzene rings is 2. The third-order valence-electron chi connectivity index (χ3n) is 3.56. The molecule has 2 aromatic carbocycles. The van der Waals surface area contributed by atoms with Gasteiger partial charge in [-0.3, -0.25) is 14.5 Å². The Bertz CT molecular complexity index is 894. The Morgan fingerprint density at radius 1 is 1.19 bits per heavy atom. The van der Waals surface area contributed by atoms with Crippen LogP contribution in [0.3, 0.4) is 0 Å². The van der Waals surface area contributed by atoms with Crippen LogP contribution in [0.1, 0.15) is 5.56 Å². The minimum Gasteiger partial charge on any atom is -0.483 e. The number of amides is 2. The number of aliphatic imine (C=N–C) groups is 1. The highest BCUT2D eigenvalue weighted by molar-refractivity contribution is 8.18. The lowest BCUT2D eigenvalue weighted by Gasteiger charge is -2.08. The normalized spacial score (nSPS) is 17.1. The number of primary amides is 1. The van der Waals surface area contributed by atoms with Crippen molar-refractivity contribution in [1.82, 2.24) is 4.90 Å². The summed E-state index contributed by atoms with van der Waals surface area (Å²) in [5.74, 6) is -0.214. The zero-order valence-electron chi connectivity index (χ0n) is 14.1. The number of rotatable bonds is 5. The molecule has 132 valence electrons. The smallest absolute Gasteiger partial charge is 0.266 e. The Kier molecular flexibility index (Phi) is 5.38. The second-order valence-electron chi connectivity index (χ2n) is 5.50. The first kappa shape index (κ1) is 17.8. The lowest BCUT2D eigenvalue weighted by atomic mass is 10.2. The van der Waals surface area contributed by atoms with Gasteiger partial charge in [0.1, 0.15) is 5.75 Å². The van der Waals surface area contributed by atoms with Gasteiger partial charge in [0, 0.05) is 12.6 Å². The molecule has 1 fully saturated rings. The van der Waals surface area contributed by atoms with Gasteiger partial charge in [0.05, 0.1) is 10.6 Å². The molecule has 7 heteroatoms. The molecular weight excluding hydrogens is 350 g/mol. The first-order valence-corrected chi connectivity index (χ1v) is 8.68. The first-order chi connectivity index (χ1) is 12.5. The van der Waals surface area contributed by atoms with Gasteiger partial charge in [-0.15, -0.1) is 0 Å². The number of para-hydroxylation sites is 2. The molecule has 0 spiro atoms. The van der Waals surface area contributed by atoms with Crippen LogP contribution in [0.15, 0.2) is 64.5 Å². The van der Waals surface area contributed by atoms with Gasteiger partial charge in [0.15, 0.2) is 11.8 Å². The number of carbonyl (C=O) groups excluding carboxylic acids is 2. The summed E-state index contributed by atoms with van der Waals surface area (Å²) in [4.78, 5) is 30.0. The molecule has 0 radical (unpaired) electrons. The maximum atomic E-state index is 12.5. The lowest BCUT2D eigenvalue weighted by molar-refractivity contribution is -0.121. The zero-order valence-corrected chi connectivity index (χ0v) is 14.9. The monoisotopic (exact) mass is 367 g/mol. The van der Waals surface area contributed by atoms with E-state index < -0.39 is 5.91 Å². The van der Waals surface area contributed by atoms with Gasteiger partial charge in [0.25, 0.3) is 11.8 Å². The number of thioether (sulfide) groups is 1. The van der Waals surface area contributed by atoms with E-state index in [0.29, 0.717) is 21.4 Å². The third-order valence-corrected chi connectivity index (χ3v) is 4.62. The van der Waals surface area contributed by atoms with E-state index in [1.165, 1.54) is 16.7 Å². The first-order valence-electron chi connectivity index (χ1n) is 7.86. The van der Waals surface area contributed by atoms with E-state index >= 15 is 0 Å². The van der Waals surface area contributed by atoms with Crippen LogP contribution in [-0.2, 0) is 9.59 Å². The van der Waals surface area contributed by atoms with Crippen molar-refractivity contribution in [3.05, 3.63) is 65.1 Å². The summed E-state index contributed by atoms with van der Waals surface area (Å²) in [5, 5.41) is 0.600. The number of hydrogen-bond acceptors (Lipinski definition) is 5. The highest BCUT2D eigenvalue weighted by Gasteiger charge is 2.30. The van der Waals surface area contributed by atoms with Crippen LogP contribution in [0.2, 0.25) is 0 Å². The number of ether oxygens (including phenoxy) is 1. The molecule has 1 aliphatic heterocycles. The predicted molar refractivity (Wildman–Crippen MR) is 103 cm³/mol. The molecule has 0 bridgehead atoms. The molecule has 0 atom stereocenters. The van der Waals surface area contributed by atoms with Crippen molar-refractivity contribution in [1.29, 1.82) is 0 Å². The lowest BCUT2D eigenvalue weighted by Crippen LogP contribution is -2.23. The van der Waals surface area contributed by atoms with Crippen LogP contribution in [0.4, 0.5) is 5.69 Å². The molecule has 2 N–H and O–H groups in total. The quantitative estimate of drug-likeness (QED) is 0.824. The number of amidine groups is 1. The summed E-state index contributed by atoms with van der Waals surface area (Å²) < 4.78 is 5.41. The summed E-state index contributed by atoms with van der Waals surface area (Å²) >= 11 is 1.29. The maximum Gasteiger partial charge on any atom is 0.266 e. The van der Waals surface area contributed by atoms with Crippen molar-refractivity contribution < 1.29 is 14.3 Å². The fraction of sp³-hybridized carbons (Fsp3) is 0.105. The van der Waals surface area contributed by atoms with Crippen molar-refractivity contribution in [3.63, 3.8) is 0 Å². The van der Waals surface area contributed by atoms with Gasteiger partial charge in [-0.1, -0.05) is 36.4 Å². The van der Waals surface area contributed by atoms with Crippen molar-refractivity contribution in [2.75, 3.05) is 13.7 Å². The maximum absolute atomic E-state index is 12.5. The molecule has 0 unspecified atom stereocenters. The number of nitrogens with two attached hydrogens (primary N) is 1. The molecular formula is C19H17N3O3S. The second-order valence-corrected chi connectivity index (χ2v) is 6.51. The molecule has 1 aliphatic rings. The molecule has 1 heterocycles.